The number of carbonyl (C=O) groups excluding carboxylic acids is 1. The summed E-state index contributed by atoms with van der Waals surface area (Å²) >= 11 is 0. The predicted octanol–water partition coefficient (Wildman–Crippen LogP) is 5.23. The summed E-state index contributed by atoms with van der Waals surface area (Å²) in [5.74, 6) is -0.400. The van der Waals surface area contributed by atoms with Crippen LogP contribution in [-0.2, 0) is 11.2 Å². The summed E-state index contributed by atoms with van der Waals surface area (Å²) in [6.45, 7) is 7.60. The topological polar surface area (TPSA) is 89.0 Å². The van der Waals surface area contributed by atoms with Crippen molar-refractivity contribution >= 4 is 12.1 Å². The molecule has 1 aliphatic heterocycles. The van der Waals surface area contributed by atoms with Crippen LogP contribution in [-0.4, -0.2) is 45.8 Å². The summed E-state index contributed by atoms with van der Waals surface area (Å²) in [5, 5.41) is 9.83. The van der Waals surface area contributed by atoms with E-state index in [-0.39, 0.29) is 11.7 Å². The minimum Gasteiger partial charge on any atom is -0.497 e. The number of unbranched alkanes of at least 4 members (excludes halogenated alkanes) is 1. The molecule has 0 unspecified atom stereocenters. The maximum absolute atomic E-state index is 13.5. The van der Waals surface area contributed by atoms with Crippen molar-refractivity contribution in [1.29, 1.82) is 0 Å². The molecule has 1 aromatic heterocycles. The van der Waals surface area contributed by atoms with Gasteiger partial charge in [-0.05, 0) is 62.9 Å². The van der Waals surface area contributed by atoms with Gasteiger partial charge in [-0.25, -0.2) is 14.6 Å². The second kappa shape index (κ2) is 9.59. The van der Waals surface area contributed by atoms with E-state index in [0.29, 0.717) is 12.0 Å². The smallest absolute Gasteiger partial charge is 0.411 e. The fraction of sp³-hybridized carbons (Fsp3) is 0.480. The number of methoxy groups -OCH3 is 1. The Labute approximate surface area is 189 Å². The summed E-state index contributed by atoms with van der Waals surface area (Å²) in [5.41, 5.74) is 1.62. The first-order chi connectivity index (χ1) is 15.2. The number of aromatic carboxylic acids is 1. The maximum atomic E-state index is 13.5. The summed E-state index contributed by atoms with van der Waals surface area (Å²) in [6, 6.07) is 8.39. The van der Waals surface area contributed by atoms with E-state index in [1.54, 1.807) is 24.1 Å². The molecule has 172 valence electrons. The highest BCUT2D eigenvalue weighted by Gasteiger charge is 2.42. The summed E-state index contributed by atoms with van der Waals surface area (Å²) in [6.07, 6.45) is 4.36. The molecule has 7 nitrogen and oxygen atoms in total. The van der Waals surface area contributed by atoms with E-state index in [9.17, 15) is 14.7 Å². The highest BCUT2D eigenvalue weighted by molar-refractivity contribution is 5.88. The molecule has 32 heavy (non-hydrogen) atoms. The number of carboxylic acid groups (broad SMARTS) is 1. The Hall–Kier alpha value is -3.09. The number of rotatable bonds is 6. The van der Waals surface area contributed by atoms with Crippen molar-refractivity contribution in [3.05, 3.63) is 58.9 Å². The Bertz CT molecular complexity index is 983. The van der Waals surface area contributed by atoms with Gasteiger partial charge in [0.1, 0.15) is 11.4 Å². The third kappa shape index (κ3) is 5.03. The molecular weight excluding hydrogens is 408 g/mol. The molecule has 0 aliphatic carbocycles. The predicted molar refractivity (Wildman–Crippen MR) is 121 cm³/mol. The van der Waals surface area contributed by atoms with Crippen molar-refractivity contribution in [1.82, 2.24) is 9.88 Å². The molecule has 0 spiro atoms. The Kier molecular flexibility index (Phi) is 7.06. The van der Waals surface area contributed by atoms with Crippen LogP contribution in [0.5, 0.6) is 5.75 Å². The van der Waals surface area contributed by atoms with E-state index >= 15 is 0 Å². The third-order valence-corrected chi connectivity index (χ3v) is 5.60. The van der Waals surface area contributed by atoms with E-state index in [0.717, 1.165) is 36.1 Å². The first-order valence-corrected chi connectivity index (χ1v) is 11.0. The van der Waals surface area contributed by atoms with Gasteiger partial charge in [0.15, 0.2) is 5.69 Å². The number of pyridine rings is 1. The van der Waals surface area contributed by atoms with E-state index < -0.39 is 23.7 Å². The Balaban J connectivity index is 2.22. The van der Waals surface area contributed by atoms with Gasteiger partial charge in [0.25, 0.3) is 0 Å². The van der Waals surface area contributed by atoms with E-state index in [4.69, 9.17) is 9.47 Å². The van der Waals surface area contributed by atoms with Gasteiger partial charge < -0.3 is 14.6 Å². The molecule has 3 rings (SSSR count). The number of carboxylic acids is 1. The number of hydrogen-bond acceptors (Lipinski definition) is 5. The van der Waals surface area contributed by atoms with Crippen LogP contribution in [0.4, 0.5) is 4.79 Å². The lowest BCUT2D eigenvalue weighted by Gasteiger charge is -2.44. The Morgan fingerprint density at radius 1 is 1.22 bits per heavy atom. The van der Waals surface area contributed by atoms with Crippen LogP contribution in [0.1, 0.15) is 80.2 Å². The highest BCUT2D eigenvalue weighted by atomic mass is 16.6. The van der Waals surface area contributed by atoms with E-state index in [2.05, 4.69) is 11.9 Å². The lowest BCUT2D eigenvalue weighted by atomic mass is 9.83. The van der Waals surface area contributed by atoms with E-state index in [1.165, 1.54) is 6.20 Å². The maximum Gasteiger partial charge on any atom is 0.411 e. The van der Waals surface area contributed by atoms with Gasteiger partial charge in [-0.3, -0.25) is 4.90 Å². The van der Waals surface area contributed by atoms with Gasteiger partial charge in [0.2, 0.25) is 0 Å². The molecule has 0 radical (unpaired) electrons. The van der Waals surface area contributed by atoms with Crippen molar-refractivity contribution in [3.63, 3.8) is 0 Å². The number of nitrogens with zero attached hydrogens (tertiary/aromatic N) is 2. The zero-order valence-corrected chi connectivity index (χ0v) is 19.4. The normalized spacial score (nSPS) is 18.1. The average Bonchev–Trinajstić information content (AvgIpc) is 2.74. The molecular formula is C25H32N2O5. The summed E-state index contributed by atoms with van der Waals surface area (Å²) < 4.78 is 11.2. The van der Waals surface area contributed by atoms with Gasteiger partial charge in [-0.1, -0.05) is 31.9 Å². The number of amides is 1. The minimum atomic E-state index is -1.13. The number of ether oxygens (including phenoxy) is 2. The molecule has 0 fully saturated rings. The molecule has 0 saturated heterocycles. The van der Waals surface area contributed by atoms with Crippen LogP contribution < -0.4 is 4.74 Å². The molecule has 0 saturated carbocycles. The molecule has 1 aromatic carbocycles. The number of fused-ring (bicyclic) bond motifs is 1. The number of aromatic nitrogens is 1. The molecule has 7 heteroatoms. The molecule has 1 aliphatic rings. The minimum absolute atomic E-state index is 0.0658. The van der Waals surface area contributed by atoms with Crippen LogP contribution in [0.15, 0.2) is 36.5 Å². The highest BCUT2D eigenvalue weighted by Crippen LogP contribution is 2.42. The van der Waals surface area contributed by atoms with Crippen molar-refractivity contribution in [2.24, 2.45) is 0 Å². The second-order valence-corrected chi connectivity index (χ2v) is 9.10. The fourth-order valence-corrected chi connectivity index (χ4v) is 4.25. The molecule has 1 N–H and O–H groups in total. The molecule has 2 atom stereocenters. The van der Waals surface area contributed by atoms with Gasteiger partial charge >= 0.3 is 12.1 Å². The Morgan fingerprint density at radius 2 is 1.97 bits per heavy atom. The zero-order chi connectivity index (χ0) is 23.5. The van der Waals surface area contributed by atoms with Crippen LogP contribution in [0.2, 0.25) is 0 Å². The molecule has 2 aromatic rings. The standard InChI is InChI=1S/C25H32N2O5/c1-6-7-9-17-14-16-15-18(31-5)11-12-19(16)22(27(17)24(30)32-25(2,3)4)20-10-8-13-26-21(20)23(28)29/h8,10-13,15,17,22H,6-7,9,14H2,1-5H3,(H,28,29)/t17-,22+/m0/s1. The summed E-state index contributed by atoms with van der Waals surface area (Å²) in [4.78, 5) is 31.3. The van der Waals surface area contributed by atoms with Crippen LogP contribution in [0.3, 0.4) is 0 Å². The SMILES string of the molecule is CCCC[C@H]1Cc2cc(OC)ccc2[C@H](c2cccnc2C(=O)O)N1C(=O)OC(C)(C)C. The molecule has 2 heterocycles. The quantitative estimate of drug-likeness (QED) is 0.662. The van der Waals surface area contributed by atoms with Gasteiger partial charge in [0.05, 0.1) is 13.2 Å². The first-order valence-electron chi connectivity index (χ1n) is 11.0. The van der Waals surface area contributed by atoms with Crippen LogP contribution in [0, 0.1) is 0 Å². The van der Waals surface area contributed by atoms with Crippen molar-refractivity contribution < 1.29 is 24.2 Å². The summed E-state index contributed by atoms with van der Waals surface area (Å²) in [7, 11) is 1.62. The van der Waals surface area contributed by atoms with Gasteiger partial charge in [-0.2, -0.15) is 0 Å². The first kappa shape index (κ1) is 23.6. The number of hydrogen-bond donors (Lipinski definition) is 1. The largest absolute Gasteiger partial charge is 0.497 e. The monoisotopic (exact) mass is 440 g/mol. The number of carbonyl (C=O) groups is 2. The van der Waals surface area contributed by atoms with Crippen LogP contribution >= 0.6 is 0 Å². The molecule has 0 bridgehead atoms. The average molecular weight is 441 g/mol. The van der Waals surface area contributed by atoms with Gasteiger partial charge in [-0.15, -0.1) is 0 Å². The number of benzene rings is 1. The van der Waals surface area contributed by atoms with Crippen molar-refractivity contribution in [2.75, 3.05) is 7.11 Å². The lowest BCUT2D eigenvalue weighted by Crippen LogP contribution is -2.50. The fourth-order valence-electron chi connectivity index (χ4n) is 4.25. The van der Waals surface area contributed by atoms with Crippen LogP contribution in [0.25, 0.3) is 0 Å². The van der Waals surface area contributed by atoms with Gasteiger partial charge in [0, 0.05) is 17.8 Å². The van der Waals surface area contributed by atoms with Crippen molar-refractivity contribution in [2.45, 2.75) is 71.1 Å². The van der Waals surface area contributed by atoms with Crippen molar-refractivity contribution in [3.8, 4) is 5.75 Å². The third-order valence-electron chi connectivity index (χ3n) is 5.60. The Morgan fingerprint density at radius 3 is 2.59 bits per heavy atom. The zero-order valence-electron chi connectivity index (χ0n) is 19.4. The second-order valence-electron chi connectivity index (χ2n) is 9.10. The lowest BCUT2D eigenvalue weighted by molar-refractivity contribution is 0.00440. The molecule has 1 amide bonds. The van der Waals surface area contributed by atoms with E-state index in [1.807, 2.05) is 39.0 Å².